The molecule has 0 aliphatic rings. The molecule has 0 nitrogen and oxygen atoms in total. The number of benzene rings is 8. The van der Waals surface area contributed by atoms with Crippen molar-refractivity contribution in [3.63, 3.8) is 0 Å². The summed E-state index contributed by atoms with van der Waals surface area (Å²) in [6, 6.07) is 57.5. The fourth-order valence-corrected chi connectivity index (χ4v) is 6.54. The molecule has 0 amide bonds. The summed E-state index contributed by atoms with van der Waals surface area (Å²) in [5, 5.41) is 7.83. The Bertz CT molecular complexity index is 2110. The van der Waals surface area contributed by atoms with Gasteiger partial charge >= 0.3 is 0 Å². The lowest BCUT2D eigenvalue weighted by Gasteiger charge is -2.24. The Balaban J connectivity index is 1.65. The second-order valence-corrected chi connectivity index (χ2v) is 10.4. The highest BCUT2D eigenvalue weighted by molar-refractivity contribution is 6.31. The SMILES string of the molecule is c1ccc(-c2ccccc2-c2c(-c3ccccc3)c(-c3ccccc3)c3ccc4cccc5ccc2c3c45)cc1. The van der Waals surface area contributed by atoms with Crippen molar-refractivity contribution in [2.75, 3.05) is 0 Å². The van der Waals surface area contributed by atoms with Crippen molar-refractivity contribution in [3.05, 3.63) is 158 Å². The van der Waals surface area contributed by atoms with E-state index in [1.807, 2.05) is 0 Å². The van der Waals surface area contributed by atoms with E-state index in [9.17, 15) is 0 Å². The van der Waals surface area contributed by atoms with Gasteiger partial charge in [-0.1, -0.05) is 158 Å². The van der Waals surface area contributed by atoms with E-state index in [-0.39, 0.29) is 0 Å². The smallest absolute Gasteiger partial charge is 0.00137 e. The zero-order chi connectivity index (χ0) is 26.5. The van der Waals surface area contributed by atoms with Crippen LogP contribution in [0.5, 0.6) is 0 Å². The summed E-state index contributed by atoms with van der Waals surface area (Å²) in [7, 11) is 0. The van der Waals surface area contributed by atoms with Crippen molar-refractivity contribution in [3.8, 4) is 44.5 Å². The molecule has 0 spiro atoms. The molecular weight excluding hydrogens is 480 g/mol. The maximum atomic E-state index is 2.35. The first-order valence-corrected chi connectivity index (χ1v) is 13.9. The van der Waals surface area contributed by atoms with Crippen LogP contribution in [0.15, 0.2) is 158 Å². The minimum absolute atomic E-state index is 1.23. The predicted molar refractivity (Wildman–Crippen MR) is 172 cm³/mol. The second-order valence-electron chi connectivity index (χ2n) is 10.4. The van der Waals surface area contributed by atoms with Gasteiger partial charge in [0.1, 0.15) is 0 Å². The van der Waals surface area contributed by atoms with Crippen molar-refractivity contribution in [1.29, 1.82) is 0 Å². The van der Waals surface area contributed by atoms with Crippen LogP contribution in [-0.4, -0.2) is 0 Å². The number of rotatable bonds is 4. The van der Waals surface area contributed by atoms with E-state index in [4.69, 9.17) is 0 Å². The maximum Gasteiger partial charge on any atom is -0.00137 e. The van der Waals surface area contributed by atoms with Crippen LogP contribution in [0.4, 0.5) is 0 Å². The molecule has 8 rings (SSSR count). The fourth-order valence-electron chi connectivity index (χ4n) is 6.54. The van der Waals surface area contributed by atoms with Gasteiger partial charge in [0, 0.05) is 0 Å². The van der Waals surface area contributed by atoms with E-state index in [0.29, 0.717) is 0 Å². The molecule has 0 aromatic heterocycles. The predicted octanol–water partition coefficient (Wildman–Crippen LogP) is 11.3. The Morgan fingerprint density at radius 2 is 0.725 bits per heavy atom. The van der Waals surface area contributed by atoms with Crippen molar-refractivity contribution in [2.24, 2.45) is 0 Å². The molecule has 186 valence electrons. The molecule has 0 atom stereocenters. The van der Waals surface area contributed by atoms with Crippen LogP contribution in [0, 0.1) is 0 Å². The Hall–Kier alpha value is -5.20. The van der Waals surface area contributed by atoms with Gasteiger partial charge in [0.25, 0.3) is 0 Å². The summed E-state index contributed by atoms with van der Waals surface area (Å²) >= 11 is 0. The first kappa shape index (κ1) is 22.8. The highest BCUT2D eigenvalue weighted by atomic mass is 14.3. The van der Waals surface area contributed by atoms with E-state index in [1.54, 1.807) is 0 Å². The zero-order valence-electron chi connectivity index (χ0n) is 22.0. The molecule has 0 bridgehead atoms. The lowest BCUT2D eigenvalue weighted by atomic mass is 9.78. The lowest BCUT2D eigenvalue weighted by molar-refractivity contribution is 1.58. The zero-order valence-corrected chi connectivity index (χ0v) is 22.0. The summed E-state index contributed by atoms with van der Waals surface area (Å²) in [5.74, 6) is 0. The molecule has 0 aliphatic heterocycles. The molecule has 8 aromatic carbocycles. The van der Waals surface area contributed by atoms with Gasteiger partial charge in [-0.3, -0.25) is 0 Å². The molecule has 0 fully saturated rings. The number of hydrogen-bond donors (Lipinski definition) is 0. The van der Waals surface area contributed by atoms with Crippen LogP contribution in [0.25, 0.3) is 76.8 Å². The lowest BCUT2D eigenvalue weighted by Crippen LogP contribution is -1.97. The molecule has 0 radical (unpaired) electrons. The summed E-state index contributed by atoms with van der Waals surface area (Å²) < 4.78 is 0. The van der Waals surface area contributed by atoms with Gasteiger partial charge in [-0.15, -0.1) is 0 Å². The molecule has 0 unspecified atom stereocenters. The van der Waals surface area contributed by atoms with Gasteiger partial charge in [-0.05, 0) is 76.8 Å². The monoisotopic (exact) mass is 506 g/mol. The molecule has 0 heterocycles. The third kappa shape index (κ3) is 3.47. The quantitative estimate of drug-likeness (QED) is 0.208. The van der Waals surface area contributed by atoms with E-state index in [2.05, 4.69) is 158 Å². The Morgan fingerprint density at radius 1 is 0.250 bits per heavy atom. The minimum Gasteiger partial charge on any atom is -0.0622 e. The van der Waals surface area contributed by atoms with Crippen LogP contribution in [-0.2, 0) is 0 Å². The molecule has 0 saturated heterocycles. The average Bonchev–Trinajstić information content (AvgIpc) is 3.04. The minimum atomic E-state index is 1.23. The van der Waals surface area contributed by atoms with Crippen molar-refractivity contribution in [1.82, 2.24) is 0 Å². The van der Waals surface area contributed by atoms with Crippen LogP contribution in [0.2, 0.25) is 0 Å². The molecular formula is C40H26. The molecule has 40 heavy (non-hydrogen) atoms. The van der Waals surface area contributed by atoms with Gasteiger partial charge in [0.05, 0.1) is 0 Å². The standard InChI is InChI=1S/C40H26/c1-4-13-27(14-5-1)32-21-10-11-22-33(32)39-35-26-24-31-20-12-19-30-23-25-34(40(35)36(30)31)37(28-15-6-2-7-16-28)38(39)29-17-8-3-9-18-29/h1-26H. The largest absolute Gasteiger partial charge is 0.0622 e. The van der Waals surface area contributed by atoms with Gasteiger partial charge in [0.2, 0.25) is 0 Å². The summed E-state index contributed by atoms with van der Waals surface area (Å²) in [5.41, 5.74) is 10.0. The third-order valence-electron chi connectivity index (χ3n) is 8.22. The van der Waals surface area contributed by atoms with Gasteiger partial charge < -0.3 is 0 Å². The van der Waals surface area contributed by atoms with E-state index >= 15 is 0 Å². The van der Waals surface area contributed by atoms with Crippen LogP contribution in [0.3, 0.4) is 0 Å². The van der Waals surface area contributed by atoms with Gasteiger partial charge in [-0.25, -0.2) is 0 Å². The molecule has 0 heteroatoms. The van der Waals surface area contributed by atoms with Crippen molar-refractivity contribution < 1.29 is 0 Å². The Labute approximate surface area is 234 Å². The van der Waals surface area contributed by atoms with Gasteiger partial charge in [0.15, 0.2) is 0 Å². The first-order valence-electron chi connectivity index (χ1n) is 13.9. The van der Waals surface area contributed by atoms with E-state index in [1.165, 1.54) is 76.8 Å². The van der Waals surface area contributed by atoms with Crippen LogP contribution < -0.4 is 0 Å². The van der Waals surface area contributed by atoms with Crippen LogP contribution >= 0.6 is 0 Å². The van der Waals surface area contributed by atoms with Crippen molar-refractivity contribution >= 4 is 32.3 Å². The summed E-state index contributed by atoms with van der Waals surface area (Å²) in [6.45, 7) is 0. The van der Waals surface area contributed by atoms with Crippen LogP contribution in [0.1, 0.15) is 0 Å². The number of hydrogen-bond acceptors (Lipinski definition) is 0. The van der Waals surface area contributed by atoms with Crippen molar-refractivity contribution in [2.45, 2.75) is 0 Å². The first-order chi connectivity index (χ1) is 19.9. The summed E-state index contributed by atoms with van der Waals surface area (Å²) in [4.78, 5) is 0. The second kappa shape index (κ2) is 9.22. The topological polar surface area (TPSA) is 0 Å². The Kier molecular flexibility index (Phi) is 5.24. The fraction of sp³-hybridized carbons (Fsp3) is 0. The maximum absolute atomic E-state index is 2.35. The Morgan fingerprint density at radius 3 is 1.32 bits per heavy atom. The van der Waals surface area contributed by atoms with E-state index < -0.39 is 0 Å². The highest BCUT2D eigenvalue weighted by Crippen LogP contribution is 2.52. The summed E-state index contributed by atoms with van der Waals surface area (Å²) in [6.07, 6.45) is 0. The molecule has 0 saturated carbocycles. The van der Waals surface area contributed by atoms with E-state index in [0.717, 1.165) is 0 Å². The molecule has 0 N–H and O–H groups in total. The normalized spacial score (nSPS) is 11.5. The molecule has 8 aromatic rings. The highest BCUT2D eigenvalue weighted by Gasteiger charge is 2.24. The average molecular weight is 507 g/mol. The van der Waals surface area contributed by atoms with Gasteiger partial charge in [-0.2, -0.15) is 0 Å². The third-order valence-corrected chi connectivity index (χ3v) is 8.22. The molecule has 0 aliphatic carbocycles.